The zero-order valence-corrected chi connectivity index (χ0v) is 16.7. The molecule has 1 aromatic carbocycles. The SMILES string of the molecule is Cc1ccc(SCCC(=O)CCCCCNC(=O)OC(C)(C)C)cc1. The van der Waals surface area contributed by atoms with Gasteiger partial charge in [0.1, 0.15) is 11.4 Å². The Bertz CT molecular complexity index is 535. The van der Waals surface area contributed by atoms with Gasteiger partial charge in [-0.15, -0.1) is 11.8 Å². The topological polar surface area (TPSA) is 55.4 Å². The molecule has 0 spiro atoms. The van der Waals surface area contributed by atoms with Crippen LogP contribution in [0.25, 0.3) is 0 Å². The lowest BCUT2D eigenvalue weighted by atomic mass is 10.1. The van der Waals surface area contributed by atoms with Crippen molar-refractivity contribution in [3.05, 3.63) is 29.8 Å². The second-order valence-corrected chi connectivity index (χ2v) is 8.36. The standard InChI is InChI=1S/C20H31NO3S/c1-16-9-11-18(12-10-16)25-15-13-17(22)8-6-5-7-14-21-19(23)24-20(2,3)4/h9-12H,5-8,13-15H2,1-4H3,(H,21,23). The third-order valence-corrected chi connectivity index (χ3v) is 4.48. The average molecular weight is 366 g/mol. The number of carbonyl (C=O) groups excluding carboxylic acids is 2. The molecular formula is C20H31NO3S. The molecule has 0 atom stereocenters. The first-order valence-electron chi connectivity index (χ1n) is 8.94. The molecule has 0 aromatic heterocycles. The number of unbranched alkanes of at least 4 members (excludes halogenated alkanes) is 2. The highest BCUT2D eigenvalue weighted by Crippen LogP contribution is 2.19. The summed E-state index contributed by atoms with van der Waals surface area (Å²) in [6.07, 6.45) is 3.55. The summed E-state index contributed by atoms with van der Waals surface area (Å²) >= 11 is 1.73. The van der Waals surface area contributed by atoms with Gasteiger partial charge in [0.15, 0.2) is 0 Å². The minimum Gasteiger partial charge on any atom is -0.444 e. The number of thioether (sulfide) groups is 1. The molecule has 1 N–H and O–H groups in total. The molecule has 0 aliphatic carbocycles. The normalized spacial score (nSPS) is 11.2. The van der Waals surface area contributed by atoms with Crippen molar-refractivity contribution >= 4 is 23.6 Å². The summed E-state index contributed by atoms with van der Waals surface area (Å²) in [4.78, 5) is 24.6. The lowest BCUT2D eigenvalue weighted by Gasteiger charge is -2.19. The minimum absolute atomic E-state index is 0.319. The summed E-state index contributed by atoms with van der Waals surface area (Å²) in [5, 5.41) is 2.73. The number of hydrogen-bond acceptors (Lipinski definition) is 4. The van der Waals surface area contributed by atoms with E-state index in [0.29, 0.717) is 25.2 Å². The van der Waals surface area contributed by atoms with Crippen LogP contribution < -0.4 is 5.32 Å². The Morgan fingerprint density at radius 2 is 1.72 bits per heavy atom. The number of nitrogens with one attached hydrogen (secondary N) is 1. The number of benzene rings is 1. The first-order chi connectivity index (χ1) is 11.8. The molecule has 0 bridgehead atoms. The van der Waals surface area contributed by atoms with Crippen LogP contribution in [0.5, 0.6) is 0 Å². The molecule has 0 saturated carbocycles. The monoisotopic (exact) mass is 365 g/mol. The molecule has 25 heavy (non-hydrogen) atoms. The Morgan fingerprint density at radius 3 is 2.36 bits per heavy atom. The number of amides is 1. The fourth-order valence-electron chi connectivity index (χ4n) is 2.17. The molecule has 0 aliphatic heterocycles. The van der Waals surface area contributed by atoms with Gasteiger partial charge < -0.3 is 10.1 Å². The lowest BCUT2D eigenvalue weighted by Crippen LogP contribution is -2.32. The van der Waals surface area contributed by atoms with Gasteiger partial charge in [-0.3, -0.25) is 4.79 Å². The molecule has 0 fully saturated rings. The van der Waals surface area contributed by atoms with Crippen molar-refractivity contribution in [1.82, 2.24) is 5.32 Å². The van der Waals surface area contributed by atoms with Crippen molar-refractivity contribution in [2.45, 2.75) is 70.3 Å². The van der Waals surface area contributed by atoms with Crippen LogP contribution in [0.3, 0.4) is 0 Å². The van der Waals surface area contributed by atoms with Crippen LogP contribution in [0.15, 0.2) is 29.2 Å². The van der Waals surface area contributed by atoms with Crippen molar-refractivity contribution in [2.24, 2.45) is 0 Å². The minimum atomic E-state index is -0.465. The number of Topliss-reactive ketones (excluding diaryl/α,β-unsaturated/α-hetero) is 1. The lowest BCUT2D eigenvalue weighted by molar-refractivity contribution is -0.118. The van der Waals surface area contributed by atoms with Gasteiger partial charge in [0.05, 0.1) is 0 Å². The molecule has 0 heterocycles. The van der Waals surface area contributed by atoms with Gasteiger partial charge in [0.25, 0.3) is 0 Å². The second-order valence-electron chi connectivity index (χ2n) is 7.19. The maximum absolute atomic E-state index is 11.9. The van der Waals surface area contributed by atoms with Crippen LogP contribution in [0, 0.1) is 6.92 Å². The van der Waals surface area contributed by atoms with Crippen molar-refractivity contribution < 1.29 is 14.3 Å². The van der Waals surface area contributed by atoms with Crippen LogP contribution in [0.4, 0.5) is 4.79 Å². The van der Waals surface area contributed by atoms with Crippen molar-refractivity contribution in [2.75, 3.05) is 12.3 Å². The molecule has 5 heteroatoms. The number of rotatable bonds is 10. The fraction of sp³-hybridized carbons (Fsp3) is 0.600. The van der Waals surface area contributed by atoms with Gasteiger partial charge in [-0.2, -0.15) is 0 Å². The van der Waals surface area contributed by atoms with Crippen LogP contribution in [0.1, 0.15) is 58.4 Å². The predicted molar refractivity (Wildman–Crippen MR) is 104 cm³/mol. The average Bonchev–Trinajstić information content (AvgIpc) is 2.51. The van der Waals surface area contributed by atoms with Crippen molar-refractivity contribution in [3.8, 4) is 0 Å². The molecule has 0 aliphatic rings. The smallest absolute Gasteiger partial charge is 0.407 e. The van der Waals surface area contributed by atoms with Gasteiger partial charge in [0.2, 0.25) is 0 Å². The van der Waals surface area contributed by atoms with E-state index in [4.69, 9.17) is 4.74 Å². The molecule has 0 radical (unpaired) electrons. The van der Waals surface area contributed by atoms with E-state index in [1.807, 2.05) is 20.8 Å². The molecule has 0 unspecified atom stereocenters. The van der Waals surface area contributed by atoms with E-state index < -0.39 is 5.60 Å². The summed E-state index contributed by atoms with van der Waals surface area (Å²) in [6.45, 7) is 8.19. The van der Waals surface area contributed by atoms with E-state index in [0.717, 1.165) is 25.0 Å². The van der Waals surface area contributed by atoms with Gasteiger partial charge in [-0.1, -0.05) is 24.1 Å². The van der Waals surface area contributed by atoms with Crippen molar-refractivity contribution in [1.29, 1.82) is 0 Å². The zero-order valence-electron chi connectivity index (χ0n) is 15.9. The van der Waals surface area contributed by atoms with Crippen LogP contribution >= 0.6 is 11.8 Å². The van der Waals surface area contributed by atoms with E-state index >= 15 is 0 Å². The number of hydrogen-bond donors (Lipinski definition) is 1. The predicted octanol–water partition coefficient (Wildman–Crippen LogP) is 5.13. The summed E-state index contributed by atoms with van der Waals surface area (Å²) in [5.41, 5.74) is 0.786. The quantitative estimate of drug-likeness (QED) is 0.461. The highest BCUT2D eigenvalue weighted by atomic mass is 32.2. The summed E-state index contributed by atoms with van der Waals surface area (Å²) < 4.78 is 5.16. The van der Waals surface area contributed by atoms with Crippen LogP contribution in [-0.4, -0.2) is 29.8 Å². The number of ketones is 1. The Kier molecular flexibility index (Phi) is 9.65. The first-order valence-corrected chi connectivity index (χ1v) is 9.93. The van der Waals surface area contributed by atoms with Gasteiger partial charge in [-0.25, -0.2) is 4.79 Å². The molecule has 1 aromatic rings. The van der Waals surface area contributed by atoms with E-state index in [9.17, 15) is 9.59 Å². The number of aryl methyl sites for hydroxylation is 1. The largest absolute Gasteiger partial charge is 0.444 e. The van der Waals surface area contributed by atoms with Crippen LogP contribution in [-0.2, 0) is 9.53 Å². The highest BCUT2D eigenvalue weighted by Gasteiger charge is 2.15. The summed E-state index contributed by atoms with van der Waals surface area (Å²) in [6, 6.07) is 8.38. The first kappa shape index (κ1) is 21.6. The molecule has 1 rings (SSSR count). The van der Waals surface area contributed by atoms with Gasteiger partial charge in [0, 0.05) is 30.0 Å². The number of carbonyl (C=O) groups is 2. The van der Waals surface area contributed by atoms with E-state index in [2.05, 4.69) is 36.5 Å². The van der Waals surface area contributed by atoms with Gasteiger partial charge in [-0.05, 0) is 52.7 Å². The summed E-state index contributed by atoms with van der Waals surface area (Å²) in [5.74, 6) is 1.15. The summed E-state index contributed by atoms with van der Waals surface area (Å²) in [7, 11) is 0. The van der Waals surface area contributed by atoms with E-state index in [1.165, 1.54) is 10.5 Å². The molecule has 1 amide bonds. The molecule has 4 nitrogen and oxygen atoms in total. The highest BCUT2D eigenvalue weighted by molar-refractivity contribution is 7.99. The zero-order chi connectivity index (χ0) is 18.7. The van der Waals surface area contributed by atoms with Gasteiger partial charge >= 0.3 is 6.09 Å². The molecular weight excluding hydrogens is 334 g/mol. The molecule has 0 saturated heterocycles. The Hall–Kier alpha value is -1.49. The Balaban J connectivity index is 2.00. The van der Waals surface area contributed by atoms with E-state index in [1.54, 1.807) is 11.8 Å². The van der Waals surface area contributed by atoms with Crippen molar-refractivity contribution in [3.63, 3.8) is 0 Å². The number of alkyl carbamates (subject to hydrolysis) is 1. The third kappa shape index (κ3) is 11.6. The Morgan fingerprint density at radius 1 is 1.04 bits per heavy atom. The maximum atomic E-state index is 11.9. The van der Waals surface area contributed by atoms with E-state index in [-0.39, 0.29) is 6.09 Å². The molecule has 140 valence electrons. The number of ether oxygens (including phenoxy) is 1. The Labute approximate surface area is 156 Å². The fourth-order valence-corrected chi connectivity index (χ4v) is 3.06. The maximum Gasteiger partial charge on any atom is 0.407 e. The third-order valence-electron chi connectivity index (χ3n) is 3.47. The second kappa shape index (κ2) is 11.2. The van der Waals surface area contributed by atoms with Crippen LogP contribution in [0.2, 0.25) is 0 Å².